The lowest BCUT2D eigenvalue weighted by atomic mass is 10.0. The molecule has 4 heteroatoms. The van der Waals surface area contributed by atoms with Crippen molar-refractivity contribution in [2.24, 2.45) is 0 Å². The first kappa shape index (κ1) is 24.3. The molecule has 1 atom stereocenters. The SMILES string of the molecule is CCCCCCCCCCCC(CCCCCCCC)OP(O)O. The third-order valence-electron chi connectivity index (χ3n) is 4.75. The highest BCUT2D eigenvalue weighted by Gasteiger charge is 2.13. The lowest BCUT2D eigenvalue weighted by Crippen LogP contribution is -2.10. The molecule has 0 rings (SSSR count). The Morgan fingerprint density at radius 3 is 1.25 bits per heavy atom. The lowest BCUT2D eigenvalue weighted by Gasteiger charge is -2.17. The summed E-state index contributed by atoms with van der Waals surface area (Å²) in [5.41, 5.74) is 0. The van der Waals surface area contributed by atoms with E-state index in [1.807, 2.05) is 0 Å². The van der Waals surface area contributed by atoms with E-state index in [-0.39, 0.29) is 6.10 Å². The zero-order chi connectivity index (χ0) is 17.9. The van der Waals surface area contributed by atoms with Gasteiger partial charge in [-0.1, -0.05) is 110 Å². The molecule has 0 fully saturated rings. The molecular formula is C20H43O3P. The average molecular weight is 363 g/mol. The highest BCUT2D eigenvalue weighted by atomic mass is 31.2. The van der Waals surface area contributed by atoms with Gasteiger partial charge in [0.1, 0.15) is 0 Å². The zero-order valence-electron chi connectivity index (χ0n) is 16.3. The molecule has 2 N–H and O–H groups in total. The van der Waals surface area contributed by atoms with E-state index in [4.69, 9.17) is 14.3 Å². The van der Waals surface area contributed by atoms with Crippen LogP contribution in [0.15, 0.2) is 0 Å². The molecular weight excluding hydrogens is 319 g/mol. The van der Waals surface area contributed by atoms with Gasteiger partial charge in [-0.15, -0.1) is 0 Å². The van der Waals surface area contributed by atoms with E-state index >= 15 is 0 Å². The van der Waals surface area contributed by atoms with Crippen molar-refractivity contribution in [1.29, 1.82) is 0 Å². The Labute approximate surface area is 152 Å². The fourth-order valence-corrected chi connectivity index (χ4v) is 3.70. The summed E-state index contributed by atoms with van der Waals surface area (Å²) in [5, 5.41) is 0. The van der Waals surface area contributed by atoms with Crippen LogP contribution in [0.1, 0.15) is 123 Å². The maximum atomic E-state index is 9.14. The normalized spacial score (nSPS) is 12.9. The molecule has 0 aromatic heterocycles. The van der Waals surface area contributed by atoms with Crippen LogP contribution in [0, 0.1) is 0 Å². The topological polar surface area (TPSA) is 49.7 Å². The van der Waals surface area contributed by atoms with Crippen LogP contribution in [0.25, 0.3) is 0 Å². The molecule has 0 saturated heterocycles. The van der Waals surface area contributed by atoms with Crippen LogP contribution in [0.5, 0.6) is 0 Å². The fourth-order valence-electron chi connectivity index (χ4n) is 3.22. The fraction of sp³-hybridized carbons (Fsp3) is 1.00. The summed E-state index contributed by atoms with van der Waals surface area (Å²) in [5.74, 6) is 0. The van der Waals surface area contributed by atoms with Crippen molar-refractivity contribution in [2.45, 2.75) is 129 Å². The Balaban J connectivity index is 3.57. The van der Waals surface area contributed by atoms with Crippen molar-refractivity contribution in [3.63, 3.8) is 0 Å². The molecule has 146 valence electrons. The first-order valence-electron chi connectivity index (χ1n) is 10.5. The standard InChI is InChI=1S/C20H43O3P/c1-3-5-7-9-11-12-13-15-17-19-20(23-24(21)22)18-16-14-10-8-6-4-2/h20-22H,3-19H2,1-2H3. The molecule has 3 nitrogen and oxygen atoms in total. The van der Waals surface area contributed by atoms with E-state index in [0.29, 0.717) is 0 Å². The van der Waals surface area contributed by atoms with E-state index < -0.39 is 8.60 Å². The third kappa shape index (κ3) is 18.6. The van der Waals surface area contributed by atoms with Crippen molar-refractivity contribution in [3.05, 3.63) is 0 Å². The Hall–Kier alpha value is 0.310. The van der Waals surface area contributed by atoms with Gasteiger partial charge in [0.15, 0.2) is 0 Å². The minimum absolute atomic E-state index is 0.0434. The molecule has 0 aliphatic heterocycles. The van der Waals surface area contributed by atoms with Gasteiger partial charge in [-0.2, -0.15) is 0 Å². The summed E-state index contributed by atoms with van der Waals surface area (Å²) in [7, 11) is -2.21. The monoisotopic (exact) mass is 362 g/mol. The van der Waals surface area contributed by atoms with Crippen molar-refractivity contribution < 1.29 is 14.3 Å². The van der Waals surface area contributed by atoms with Crippen LogP contribution in [0.3, 0.4) is 0 Å². The summed E-state index contributed by atoms with van der Waals surface area (Å²) >= 11 is 0. The molecule has 0 spiro atoms. The second-order valence-corrected chi connectivity index (χ2v) is 7.87. The zero-order valence-corrected chi connectivity index (χ0v) is 17.2. The van der Waals surface area contributed by atoms with Gasteiger partial charge in [0.2, 0.25) is 0 Å². The largest absolute Gasteiger partial charge is 0.328 e. The Bertz CT molecular complexity index is 237. The van der Waals surface area contributed by atoms with Crippen molar-refractivity contribution in [1.82, 2.24) is 0 Å². The first-order valence-corrected chi connectivity index (χ1v) is 11.7. The molecule has 24 heavy (non-hydrogen) atoms. The maximum Gasteiger partial charge on any atom is 0.327 e. The average Bonchev–Trinajstić information content (AvgIpc) is 2.55. The van der Waals surface area contributed by atoms with E-state index in [9.17, 15) is 0 Å². The second-order valence-electron chi connectivity index (χ2n) is 7.15. The minimum atomic E-state index is -2.21. The van der Waals surface area contributed by atoms with Gasteiger partial charge in [-0.3, -0.25) is 0 Å². The smallest absolute Gasteiger partial charge is 0.327 e. The van der Waals surface area contributed by atoms with Crippen LogP contribution in [-0.2, 0) is 4.52 Å². The summed E-state index contributed by atoms with van der Waals surface area (Å²) in [6.07, 6.45) is 21.5. The van der Waals surface area contributed by atoms with Crippen LogP contribution in [-0.4, -0.2) is 15.9 Å². The lowest BCUT2D eigenvalue weighted by molar-refractivity contribution is 0.147. The molecule has 0 heterocycles. The van der Waals surface area contributed by atoms with E-state index in [2.05, 4.69) is 13.8 Å². The van der Waals surface area contributed by atoms with Gasteiger partial charge < -0.3 is 14.3 Å². The van der Waals surface area contributed by atoms with Gasteiger partial charge >= 0.3 is 8.60 Å². The molecule has 0 saturated carbocycles. The molecule has 0 bridgehead atoms. The first-order chi connectivity index (χ1) is 11.7. The second kappa shape index (κ2) is 19.6. The minimum Gasteiger partial charge on any atom is -0.328 e. The van der Waals surface area contributed by atoms with Crippen LogP contribution in [0.4, 0.5) is 0 Å². The van der Waals surface area contributed by atoms with Gasteiger partial charge in [-0.05, 0) is 12.8 Å². The van der Waals surface area contributed by atoms with Crippen molar-refractivity contribution >= 4 is 8.60 Å². The molecule has 0 aromatic rings. The molecule has 1 unspecified atom stereocenters. The Morgan fingerprint density at radius 2 is 0.917 bits per heavy atom. The predicted octanol–water partition coefficient (Wildman–Crippen LogP) is 7.25. The number of unbranched alkanes of at least 4 members (excludes halogenated alkanes) is 13. The number of hydrogen-bond acceptors (Lipinski definition) is 3. The van der Waals surface area contributed by atoms with Crippen molar-refractivity contribution in [2.75, 3.05) is 0 Å². The van der Waals surface area contributed by atoms with Gasteiger partial charge in [-0.25, -0.2) is 0 Å². The Morgan fingerprint density at radius 1 is 0.583 bits per heavy atom. The molecule has 0 aliphatic rings. The Kier molecular flexibility index (Phi) is 19.9. The maximum absolute atomic E-state index is 9.14. The molecule has 0 aliphatic carbocycles. The van der Waals surface area contributed by atoms with Crippen LogP contribution in [0.2, 0.25) is 0 Å². The summed E-state index contributed by atoms with van der Waals surface area (Å²) in [4.78, 5) is 18.3. The summed E-state index contributed by atoms with van der Waals surface area (Å²) in [6, 6.07) is 0. The van der Waals surface area contributed by atoms with E-state index in [0.717, 1.165) is 25.7 Å². The predicted molar refractivity (Wildman–Crippen MR) is 106 cm³/mol. The number of rotatable bonds is 19. The molecule has 0 radical (unpaired) electrons. The van der Waals surface area contributed by atoms with Gasteiger partial charge in [0, 0.05) is 0 Å². The van der Waals surface area contributed by atoms with Crippen LogP contribution < -0.4 is 0 Å². The number of hydrogen-bond donors (Lipinski definition) is 2. The molecule has 0 amide bonds. The van der Waals surface area contributed by atoms with E-state index in [1.165, 1.54) is 83.5 Å². The summed E-state index contributed by atoms with van der Waals surface area (Å²) < 4.78 is 5.33. The van der Waals surface area contributed by atoms with E-state index in [1.54, 1.807) is 0 Å². The third-order valence-corrected chi connectivity index (χ3v) is 5.24. The molecule has 0 aromatic carbocycles. The van der Waals surface area contributed by atoms with Gasteiger partial charge in [0.05, 0.1) is 6.10 Å². The quantitative estimate of drug-likeness (QED) is 0.188. The van der Waals surface area contributed by atoms with Crippen LogP contribution >= 0.6 is 8.60 Å². The summed E-state index contributed by atoms with van der Waals surface area (Å²) in [6.45, 7) is 4.49. The highest BCUT2D eigenvalue weighted by Crippen LogP contribution is 2.31. The van der Waals surface area contributed by atoms with Gasteiger partial charge in [0.25, 0.3) is 0 Å². The highest BCUT2D eigenvalue weighted by molar-refractivity contribution is 7.39. The van der Waals surface area contributed by atoms with Crippen molar-refractivity contribution in [3.8, 4) is 0 Å².